The summed E-state index contributed by atoms with van der Waals surface area (Å²) in [6, 6.07) is 0. The van der Waals surface area contributed by atoms with E-state index in [1.807, 2.05) is 0 Å². The van der Waals surface area contributed by atoms with Crippen molar-refractivity contribution in [3.05, 3.63) is 0 Å². The maximum Gasteiger partial charge on any atom is 0.306 e. The summed E-state index contributed by atoms with van der Waals surface area (Å²) in [7, 11) is 0. The Morgan fingerprint density at radius 3 is 1.18 bits per heavy atom. The Morgan fingerprint density at radius 2 is 0.850 bits per heavy atom. The van der Waals surface area contributed by atoms with E-state index in [0.717, 1.165) is 6.42 Å². The van der Waals surface area contributed by atoms with Gasteiger partial charge in [0, 0.05) is 25.2 Å². The van der Waals surface area contributed by atoms with Crippen molar-refractivity contribution in [2.45, 2.75) is 213 Å². The van der Waals surface area contributed by atoms with E-state index in [-0.39, 0.29) is 11.6 Å². The van der Waals surface area contributed by atoms with Gasteiger partial charge in [-0.3, -0.25) is 4.79 Å². The van der Waals surface area contributed by atoms with E-state index in [2.05, 4.69) is 26.1 Å². The van der Waals surface area contributed by atoms with Crippen LogP contribution in [0.5, 0.6) is 0 Å². The van der Waals surface area contributed by atoms with E-state index >= 15 is 0 Å². The molecule has 238 valence electrons. The van der Waals surface area contributed by atoms with Gasteiger partial charge in [0.15, 0.2) is 0 Å². The van der Waals surface area contributed by atoms with E-state index < -0.39 is 0 Å². The Hall–Kier alpha value is -0.570. The highest BCUT2D eigenvalue weighted by Crippen LogP contribution is 2.28. The maximum atomic E-state index is 12.3. The zero-order valence-corrected chi connectivity index (χ0v) is 27.9. The fraction of sp³-hybridized carbons (Fsp3) is 0.973. The minimum absolute atomic E-state index is 0.0175. The largest absolute Gasteiger partial charge is 0.459 e. The van der Waals surface area contributed by atoms with Crippen molar-refractivity contribution in [1.82, 2.24) is 0 Å². The topological polar surface area (TPSA) is 42.9 Å². The second kappa shape index (κ2) is 27.3. The van der Waals surface area contributed by atoms with Crippen LogP contribution in [0.3, 0.4) is 0 Å². The predicted octanol–water partition coefficient (Wildman–Crippen LogP) is 10.8. The van der Waals surface area contributed by atoms with E-state index in [4.69, 9.17) is 4.74 Å². The Labute approximate surface area is 252 Å². The SMILES string of the molecule is CCCCCCCCCCCCCCCCCCCCCCCCCCCCC(=O)OC(C)(C)C1CC[NH2+]CC1. The quantitative estimate of drug-likeness (QED) is 0.0725. The van der Waals surface area contributed by atoms with Crippen LogP contribution >= 0.6 is 0 Å². The number of hydrogen-bond acceptors (Lipinski definition) is 2. The summed E-state index contributed by atoms with van der Waals surface area (Å²) in [5, 5.41) is 2.37. The first-order valence-corrected chi connectivity index (χ1v) is 18.6. The van der Waals surface area contributed by atoms with Crippen LogP contribution in [0, 0.1) is 5.92 Å². The average Bonchev–Trinajstić information content (AvgIpc) is 2.95. The number of rotatable bonds is 29. The summed E-state index contributed by atoms with van der Waals surface area (Å²) in [4.78, 5) is 12.3. The lowest BCUT2D eigenvalue weighted by Crippen LogP contribution is -2.86. The van der Waals surface area contributed by atoms with Crippen molar-refractivity contribution in [2.75, 3.05) is 13.1 Å². The molecule has 0 radical (unpaired) electrons. The van der Waals surface area contributed by atoms with Crippen LogP contribution in [0.15, 0.2) is 0 Å². The van der Waals surface area contributed by atoms with Gasteiger partial charge in [0.05, 0.1) is 13.1 Å². The fourth-order valence-electron chi connectivity index (χ4n) is 6.63. The number of piperidine rings is 1. The van der Waals surface area contributed by atoms with Gasteiger partial charge in [-0.15, -0.1) is 0 Å². The van der Waals surface area contributed by atoms with Crippen molar-refractivity contribution in [2.24, 2.45) is 5.92 Å². The second-order valence-corrected chi connectivity index (χ2v) is 13.8. The highest BCUT2D eigenvalue weighted by atomic mass is 16.6. The molecule has 1 heterocycles. The highest BCUT2D eigenvalue weighted by Gasteiger charge is 2.35. The Balaban J connectivity index is 1.72. The highest BCUT2D eigenvalue weighted by molar-refractivity contribution is 5.69. The lowest BCUT2D eigenvalue weighted by Gasteiger charge is -2.35. The third-order valence-corrected chi connectivity index (χ3v) is 9.53. The molecular formula is C37H74NO2+. The van der Waals surface area contributed by atoms with Crippen LogP contribution in [-0.2, 0) is 9.53 Å². The van der Waals surface area contributed by atoms with Gasteiger partial charge in [0.25, 0.3) is 0 Å². The van der Waals surface area contributed by atoms with Crippen molar-refractivity contribution in [1.29, 1.82) is 0 Å². The molecule has 1 fully saturated rings. The summed E-state index contributed by atoms with van der Waals surface area (Å²) in [5.74, 6) is 0.541. The van der Waals surface area contributed by atoms with Crippen LogP contribution < -0.4 is 5.32 Å². The molecule has 1 aliphatic heterocycles. The monoisotopic (exact) mass is 565 g/mol. The molecule has 0 spiro atoms. The molecule has 0 aromatic rings. The molecular weight excluding hydrogens is 490 g/mol. The molecule has 0 unspecified atom stereocenters. The molecule has 1 saturated heterocycles. The molecule has 1 aliphatic rings. The molecule has 1 rings (SSSR count). The average molecular weight is 565 g/mol. The summed E-state index contributed by atoms with van der Waals surface area (Å²) in [6.07, 6.45) is 39.6. The van der Waals surface area contributed by atoms with Gasteiger partial charge >= 0.3 is 5.97 Å². The molecule has 3 heteroatoms. The van der Waals surface area contributed by atoms with Crippen LogP contribution in [0.1, 0.15) is 207 Å². The van der Waals surface area contributed by atoms with Crippen LogP contribution in [-0.4, -0.2) is 24.7 Å². The Morgan fingerprint density at radius 1 is 0.550 bits per heavy atom. The van der Waals surface area contributed by atoms with Gasteiger partial charge in [0.2, 0.25) is 0 Å². The molecule has 0 aromatic heterocycles. The van der Waals surface area contributed by atoms with Gasteiger partial charge < -0.3 is 10.1 Å². The number of esters is 1. The zero-order chi connectivity index (χ0) is 29.0. The van der Waals surface area contributed by atoms with E-state index in [0.29, 0.717) is 12.3 Å². The number of carbonyl (C=O) groups is 1. The third-order valence-electron chi connectivity index (χ3n) is 9.53. The van der Waals surface area contributed by atoms with Crippen molar-refractivity contribution in [3.8, 4) is 0 Å². The number of unbranched alkanes of at least 4 members (excludes halogenated alkanes) is 25. The van der Waals surface area contributed by atoms with Crippen molar-refractivity contribution in [3.63, 3.8) is 0 Å². The first kappa shape index (κ1) is 37.5. The van der Waals surface area contributed by atoms with E-state index in [9.17, 15) is 4.79 Å². The van der Waals surface area contributed by atoms with Crippen molar-refractivity contribution < 1.29 is 14.8 Å². The van der Waals surface area contributed by atoms with Gasteiger partial charge in [-0.2, -0.15) is 0 Å². The number of hydrogen-bond donors (Lipinski definition) is 1. The molecule has 0 atom stereocenters. The predicted molar refractivity (Wildman–Crippen MR) is 175 cm³/mol. The maximum absolute atomic E-state index is 12.3. The molecule has 40 heavy (non-hydrogen) atoms. The molecule has 2 N–H and O–H groups in total. The summed E-state index contributed by atoms with van der Waals surface area (Å²) < 4.78 is 5.88. The third kappa shape index (κ3) is 23.0. The van der Waals surface area contributed by atoms with Gasteiger partial charge in [-0.25, -0.2) is 0 Å². The fourth-order valence-corrected chi connectivity index (χ4v) is 6.63. The van der Waals surface area contributed by atoms with Gasteiger partial charge in [0.1, 0.15) is 5.60 Å². The van der Waals surface area contributed by atoms with Crippen LogP contribution in [0.2, 0.25) is 0 Å². The summed E-state index contributed by atoms with van der Waals surface area (Å²) >= 11 is 0. The van der Waals surface area contributed by atoms with Crippen LogP contribution in [0.4, 0.5) is 0 Å². The van der Waals surface area contributed by atoms with Gasteiger partial charge in [-0.1, -0.05) is 167 Å². The molecule has 0 saturated carbocycles. The minimum Gasteiger partial charge on any atom is -0.459 e. The number of ether oxygens (including phenoxy) is 1. The lowest BCUT2D eigenvalue weighted by atomic mass is 9.83. The standard InChI is InChI=1S/C37H73NO2/c1-4-5-6-7-8-9-10-11-12-13-14-15-16-17-18-19-20-21-22-23-24-25-26-27-28-29-30-36(39)40-37(2,3)35-31-33-38-34-32-35/h35,38H,4-34H2,1-3H3/p+1. The lowest BCUT2D eigenvalue weighted by molar-refractivity contribution is -0.665. The second-order valence-electron chi connectivity index (χ2n) is 13.8. The molecule has 0 aromatic carbocycles. The molecule has 0 amide bonds. The normalized spacial score (nSPS) is 14.6. The first-order valence-electron chi connectivity index (χ1n) is 18.6. The number of nitrogens with two attached hydrogens (primary N) is 1. The molecule has 0 aliphatic carbocycles. The zero-order valence-electron chi connectivity index (χ0n) is 27.9. The number of quaternary nitrogens is 1. The Kier molecular flexibility index (Phi) is 25.5. The van der Waals surface area contributed by atoms with Gasteiger partial charge in [-0.05, 0) is 20.3 Å². The summed E-state index contributed by atoms with van der Waals surface area (Å²) in [6.45, 7) is 8.87. The van der Waals surface area contributed by atoms with Crippen molar-refractivity contribution >= 4 is 5.97 Å². The Bertz CT molecular complexity index is 540. The first-order chi connectivity index (χ1) is 19.6. The molecule has 3 nitrogen and oxygen atoms in total. The van der Waals surface area contributed by atoms with E-state index in [1.165, 1.54) is 186 Å². The minimum atomic E-state index is -0.294. The molecule has 0 bridgehead atoms. The van der Waals surface area contributed by atoms with E-state index in [1.54, 1.807) is 0 Å². The number of carbonyl (C=O) groups excluding carboxylic acids is 1. The summed E-state index contributed by atoms with van der Waals surface area (Å²) in [5.41, 5.74) is -0.294. The smallest absolute Gasteiger partial charge is 0.306 e. The van der Waals surface area contributed by atoms with Crippen LogP contribution in [0.25, 0.3) is 0 Å².